The molecule has 4 rings (SSSR count). The molecule has 4 heteroatoms. The average molecular weight is 358 g/mol. The van der Waals surface area contributed by atoms with Gasteiger partial charge in [-0.05, 0) is 54.7 Å². The second-order valence-corrected chi connectivity index (χ2v) is 6.62. The lowest BCUT2D eigenvalue weighted by atomic mass is 10.0. The number of rotatable bonds is 3. The SMILES string of the molecule is CC.Cc1cc(C)c(C=NCc2nnc3c(n2)Cc2ccccc2-3)cc1C. The second-order valence-electron chi connectivity index (χ2n) is 6.62. The summed E-state index contributed by atoms with van der Waals surface area (Å²) in [5, 5.41) is 8.64. The van der Waals surface area contributed by atoms with Crippen LogP contribution >= 0.6 is 0 Å². The van der Waals surface area contributed by atoms with E-state index >= 15 is 0 Å². The van der Waals surface area contributed by atoms with E-state index in [4.69, 9.17) is 0 Å². The minimum atomic E-state index is 0.447. The summed E-state index contributed by atoms with van der Waals surface area (Å²) in [7, 11) is 0. The van der Waals surface area contributed by atoms with Crippen molar-refractivity contribution in [2.45, 2.75) is 47.6 Å². The van der Waals surface area contributed by atoms with Gasteiger partial charge in [-0.15, -0.1) is 10.2 Å². The van der Waals surface area contributed by atoms with Gasteiger partial charge >= 0.3 is 0 Å². The molecule has 138 valence electrons. The number of benzene rings is 2. The molecule has 3 aromatic rings. The number of aromatic nitrogens is 3. The number of fused-ring (bicyclic) bond motifs is 3. The van der Waals surface area contributed by atoms with Gasteiger partial charge < -0.3 is 0 Å². The quantitative estimate of drug-likeness (QED) is 0.484. The maximum atomic E-state index is 4.67. The Kier molecular flexibility index (Phi) is 5.75. The van der Waals surface area contributed by atoms with Crippen LogP contribution < -0.4 is 0 Å². The van der Waals surface area contributed by atoms with E-state index in [9.17, 15) is 0 Å². The summed E-state index contributed by atoms with van der Waals surface area (Å²) >= 11 is 0. The van der Waals surface area contributed by atoms with Crippen LogP contribution in [0.3, 0.4) is 0 Å². The molecular weight excluding hydrogens is 332 g/mol. The minimum absolute atomic E-state index is 0.447. The Morgan fingerprint density at radius 1 is 0.963 bits per heavy atom. The maximum Gasteiger partial charge on any atom is 0.172 e. The monoisotopic (exact) mass is 358 g/mol. The van der Waals surface area contributed by atoms with E-state index in [1.807, 2.05) is 26.1 Å². The second kappa shape index (κ2) is 8.21. The molecule has 0 saturated heterocycles. The third-order valence-corrected chi connectivity index (χ3v) is 4.78. The van der Waals surface area contributed by atoms with Crippen molar-refractivity contribution in [3.63, 3.8) is 0 Å². The third-order valence-electron chi connectivity index (χ3n) is 4.78. The fourth-order valence-corrected chi connectivity index (χ4v) is 3.23. The van der Waals surface area contributed by atoms with Crippen molar-refractivity contribution in [1.82, 2.24) is 15.2 Å². The minimum Gasteiger partial charge on any atom is -0.284 e. The normalized spacial score (nSPS) is 11.7. The molecule has 0 unspecified atom stereocenters. The molecule has 0 saturated carbocycles. The summed E-state index contributed by atoms with van der Waals surface area (Å²) in [6, 6.07) is 12.7. The molecule has 0 bridgehead atoms. The lowest BCUT2D eigenvalue weighted by Gasteiger charge is -2.05. The van der Waals surface area contributed by atoms with Crippen molar-refractivity contribution in [1.29, 1.82) is 0 Å². The van der Waals surface area contributed by atoms with E-state index in [0.717, 1.165) is 28.9 Å². The van der Waals surface area contributed by atoms with E-state index in [0.29, 0.717) is 12.4 Å². The smallest absolute Gasteiger partial charge is 0.172 e. The van der Waals surface area contributed by atoms with Gasteiger partial charge in [0.1, 0.15) is 12.2 Å². The van der Waals surface area contributed by atoms with E-state index in [2.05, 4.69) is 71.3 Å². The standard InChI is InChI=1S/C21H20N4.C2H6/c1-13-8-15(3)17(9-14(13)2)11-22-12-20-23-19-10-16-6-4-5-7-18(16)21(19)25-24-20;1-2/h4-9,11H,10,12H2,1-3H3;1-2H3. The molecule has 0 atom stereocenters. The Balaban J connectivity index is 0.00000102. The summed E-state index contributed by atoms with van der Waals surface area (Å²) < 4.78 is 0. The highest BCUT2D eigenvalue weighted by Crippen LogP contribution is 2.32. The molecule has 1 heterocycles. The summed E-state index contributed by atoms with van der Waals surface area (Å²) in [5.74, 6) is 0.671. The largest absolute Gasteiger partial charge is 0.284 e. The van der Waals surface area contributed by atoms with Gasteiger partial charge in [0.15, 0.2) is 5.82 Å². The molecule has 0 spiro atoms. The van der Waals surface area contributed by atoms with E-state index in [1.54, 1.807) is 0 Å². The summed E-state index contributed by atoms with van der Waals surface area (Å²) in [6.45, 7) is 10.8. The number of aliphatic imine (C=N–C) groups is 1. The van der Waals surface area contributed by atoms with Gasteiger partial charge in [-0.25, -0.2) is 4.98 Å². The summed E-state index contributed by atoms with van der Waals surface area (Å²) in [5.41, 5.74) is 9.29. The van der Waals surface area contributed by atoms with Crippen molar-refractivity contribution >= 4 is 6.21 Å². The maximum absolute atomic E-state index is 4.67. The van der Waals surface area contributed by atoms with Gasteiger partial charge in [-0.1, -0.05) is 44.2 Å². The van der Waals surface area contributed by atoms with Crippen LogP contribution in [0.2, 0.25) is 0 Å². The molecule has 0 fully saturated rings. The molecule has 0 amide bonds. The molecule has 0 aliphatic heterocycles. The molecule has 1 aliphatic carbocycles. The van der Waals surface area contributed by atoms with E-state index in [-0.39, 0.29) is 0 Å². The molecule has 2 aromatic carbocycles. The molecule has 4 nitrogen and oxygen atoms in total. The zero-order chi connectivity index (χ0) is 19.4. The van der Waals surface area contributed by atoms with Crippen molar-refractivity contribution in [3.05, 3.63) is 75.7 Å². The molecule has 1 aromatic heterocycles. The van der Waals surface area contributed by atoms with Gasteiger partial charge in [0.2, 0.25) is 0 Å². The zero-order valence-electron chi connectivity index (χ0n) is 16.7. The molecule has 0 radical (unpaired) electrons. The van der Waals surface area contributed by atoms with Gasteiger partial charge in [-0.2, -0.15) is 0 Å². The Labute approximate surface area is 161 Å². The predicted molar refractivity (Wildman–Crippen MR) is 111 cm³/mol. The Bertz CT molecular complexity index is 990. The van der Waals surface area contributed by atoms with Crippen molar-refractivity contribution < 1.29 is 0 Å². The Hall–Kier alpha value is -2.88. The predicted octanol–water partition coefficient (Wildman–Crippen LogP) is 5.01. The molecule has 27 heavy (non-hydrogen) atoms. The van der Waals surface area contributed by atoms with Crippen LogP contribution in [0.1, 0.15) is 53.2 Å². The Morgan fingerprint density at radius 3 is 2.52 bits per heavy atom. The van der Waals surface area contributed by atoms with Crippen LogP contribution in [0.15, 0.2) is 41.4 Å². The highest BCUT2D eigenvalue weighted by molar-refractivity contribution is 5.82. The number of aryl methyl sites for hydroxylation is 3. The number of hydrogen-bond acceptors (Lipinski definition) is 4. The first-order chi connectivity index (χ1) is 13.1. The first kappa shape index (κ1) is 18.9. The van der Waals surface area contributed by atoms with Crippen molar-refractivity contribution in [3.8, 4) is 11.3 Å². The molecular formula is C23H26N4. The van der Waals surface area contributed by atoms with Crippen LogP contribution in [-0.2, 0) is 13.0 Å². The van der Waals surface area contributed by atoms with Crippen LogP contribution in [0.4, 0.5) is 0 Å². The first-order valence-electron chi connectivity index (χ1n) is 9.50. The fraction of sp³-hybridized carbons (Fsp3) is 0.304. The van der Waals surface area contributed by atoms with Crippen LogP contribution in [0.5, 0.6) is 0 Å². The fourth-order valence-electron chi connectivity index (χ4n) is 3.23. The zero-order valence-corrected chi connectivity index (χ0v) is 16.7. The lowest BCUT2D eigenvalue weighted by molar-refractivity contribution is 0.819. The van der Waals surface area contributed by atoms with Crippen LogP contribution in [0.25, 0.3) is 11.3 Å². The lowest BCUT2D eigenvalue weighted by Crippen LogP contribution is -2.01. The van der Waals surface area contributed by atoms with Crippen molar-refractivity contribution in [2.24, 2.45) is 4.99 Å². The highest BCUT2D eigenvalue weighted by atomic mass is 15.2. The van der Waals surface area contributed by atoms with Gasteiger partial charge in [-0.3, -0.25) is 4.99 Å². The van der Waals surface area contributed by atoms with Gasteiger partial charge in [0, 0.05) is 18.2 Å². The van der Waals surface area contributed by atoms with Gasteiger partial charge in [0.05, 0.1) is 5.69 Å². The molecule has 1 aliphatic rings. The van der Waals surface area contributed by atoms with E-state index in [1.165, 1.54) is 22.3 Å². The third kappa shape index (κ3) is 3.95. The number of hydrogen-bond donors (Lipinski definition) is 0. The number of nitrogens with zero attached hydrogens (tertiary/aromatic N) is 4. The van der Waals surface area contributed by atoms with Crippen LogP contribution in [-0.4, -0.2) is 21.4 Å². The molecule has 0 N–H and O–H groups in total. The first-order valence-corrected chi connectivity index (χ1v) is 9.50. The van der Waals surface area contributed by atoms with E-state index < -0.39 is 0 Å². The van der Waals surface area contributed by atoms with Gasteiger partial charge in [0.25, 0.3) is 0 Å². The topological polar surface area (TPSA) is 51.0 Å². The Morgan fingerprint density at radius 2 is 1.70 bits per heavy atom. The summed E-state index contributed by atoms with van der Waals surface area (Å²) in [4.78, 5) is 9.19. The van der Waals surface area contributed by atoms with Crippen molar-refractivity contribution in [2.75, 3.05) is 0 Å². The highest BCUT2D eigenvalue weighted by Gasteiger charge is 2.21. The average Bonchev–Trinajstić information content (AvgIpc) is 3.05. The van der Waals surface area contributed by atoms with Crippen LogP contribution in [0, 0.1) is 20.8 Å². The summed E-state index contributed by atoms with van der Waals surface area (Å²) in [6.07, 6.45) is 2.74.